The molecule has 1 rings (SSSR count). The molecule has 1 heterocycles. The number of nitrogens with two attached hydrogens (primary N) is 1. The van der Waals surface area contributed by atoms with E-state index in [-0.39, 0.29) is 11.8 Å². The summed E-state index contributed by atoms with van der Waals surface area (Å²) in [6.45, 7) is 5.59. The molecule has 0 spiro atoms. The van der Waals surface area contributed by atoms with E-state index in [1.807, 2.05) is 50.1 Å². The lowest BCUT2D eigenvalue weighted by atomic mass is 10.1. The van der Waals surface area contributed by atoms with Gasteiger partial charge in [0.2, 0.25) is 0 Å². The van der Waals surface area contributed by atoms with Gasteiger partial charge in [-0.1, -0.05) is 0 Å². The lowest BCUT2D eigenvalue weighted by Crippen LogP contribution is -2.48. The second-order valence-corrected chi connectivity index (χ2v) is 5.61. The fraction of sp³-hybridized carbons (Fsp3) is 0.833. The lowest BCUT2D eigenvalue weighted by Gasteiger charge is -2.32. The highest BCUT2D eigenvalue weighted by Gasteiger charge is 2.24. The summed E-state index contributed by atoms with van der Waals surface area (Å²) in [5.74, 6) is 0. The third kappa shape index (κ3) is 5.79. The first kappa shape index (κ1) is 15.4. The average molecular weight is 258 g/mol. The molecule has 1 aliphatic rings. The van der Waals surface area contributed by atoms with E-state index < -0.39 is 6.10 Å². The third-order valence-electron chi connectivity index (χ3n) is 2.58. The first-order valence-corrected chi connectivity index (χ1v) is 6.22. The number of nitrogens with zero attached hydrogens (tertiary/aromatic N) is 2. The quantitative estimate of drug-likeness (QED) is 0.562. The summed E-state index contributed by atoms with van der Waals surface area (Å²) in [5.41, 5.74) is 8.42. The molecule has 106 valence electrons. The number of likely N-dealkylation sites (N-methyl/N-ethyl adjacent to an activating group) is 1. The standard InChI is InChI=1S/C12H26N4O2/c1-12(2,9-16-6-5-11(13)14-16)18-8-10(17)7-15(3)4/h5-6,10-11,14,17H,7-9,13H2,1-4H3. The predicted molar refractivity (Wildman–Crippen MR) is 71.5 cm³/mol. The van der Waals surface area contributed by atoms with Gasteiger partial charge >= 0.3 is 0 Å². The van der Waals surface area contributed by atoms with Gasteiger partial charge in [0.05, 0.1) is 31.0 Å². The Labute approximate surface area is 109 Å². The van der Waals surface area contributed by atoms with Crippen LogP contribution in [-0.2, 0) is 4.74 Å². The second-order valence-electron chi connectivity index (χ2n) is 5.61. The molecule has 6 nitrogen and oxygen atoms in total. The van der Waals surface area contributed by atoms with Crippen molar-refractivity contribution in [2.45, 2.75) is 31.7 Å². The molecule has 0 aromatic heterocycles. The molecule has 0 radical (unpaired) electrons. The monoisotopic (exact) mass is 258 g/mol. The van der Waals surface area contributed by atoms with Crippen molar-refractivity contribution in [2.75, 3.05) is 33.8 Å². The molecule has 2 atom stereocenters. The van der Waals surface area contributed by atoms with Crippen LogP contribution < -0.4 is 11.2 Å². The summed E-state index contributed by atoms with van der Waals surface area (Å²) < 4.78 is 5.76. The fourth-order valence-corrected chi connectivity index (χ4v) is 1.82. The van der Waals surface area contributed by atoms with E-state index in [1.165, 1.54) is 0 Å². The molecule has 6 heteroatoms. The number of aliphatic hydroxyl groups is 1. The number of hydrogen-bond donors (Lipinski definition) is 3. The highest BCUT2D eigenvalue weighted by Crippen LogP contribution is 2.13. The minimum atomic E-state index is -0.469. The predicted octanol–water partition coefficient (Wildman–Crippen LogP) is -0.677. The van der Waals surface area contributed by atoms with Gasteiger partial charge in [-0.05, 0) is 34.0 Å². The van der Waals surface area contributed by atoms with Crippen molar-refractivity contribution in [3.8, 4) is 0 Å². The first-order chi connectivity index (χ1) is 8.28. The van der Waals surface area contributed by atoms with E-state index in [0.29, 0.717) is 19.7 Å². The maximum atomic E-state index is 9.76. The summed E-state index contributed by atoms with van der Waals surface area (Å²) in [6.07, 6.45) is 3.20. The van der Waals surface area contributed by atoms with E-state index in [4.69, 9.17) is 10.5 Å². The van der Waals surface area contributed by atoms with Crippen LogP contribution >= 0.6 is 0 Å². The lowest BCUT2D eigenvalue weighted by molar-refractivity contribution is -0.0765. The molecule has 4 N–H and O–H groups in total. The molecule has 0 saturated carbocycles. The van der Waals surface area contributed by atoms with E-state index >= 15 is 0 Å². The number of hydrazine groups is 1. The van der Waals surface area contributed by atoms with Crippen LogP contribution in [0.1, 0.15) is 13.8 Å². The zero-order valence-corrected chi connectivity index (χ0v) is 11.8. The van der Waals surface area contributed by atoms with Crippen LogP contribution in [0.2, 0.25) is 0 Å². The van der Waals surface area contributed by atoms with Gasteiger partial charge < -0.3 is 25.5 Å². The molecular weight excluding hydrogens is 232 g/mol. The van der Waals surface area contributed by atoms with Gasteiger partial charge in [0.15, 0.2) is 0 Å². The smallest absolute Gasteiger partial charge is 0.0932 e. The van der Waals surface area contributed by atoms with E-state index in [2.05, 4.69) is 5.43 Å². The molecule has 2 unspecified atom stereocenters. The molecule has 0 bridgehead atoms. The highest BCUT2D eigenvalue weighted by molar-refractivity contribution is 4.97. The maximum Gasteiger partial charge on any atom is 0.0932 e. The molecule has 0 fully saturated rings. The Morgan fingerprint density at radius 2 is 2.22 bits per heavy atom. The molecular formula is C12H26N4O2. The van der Waals surface area contributed by atoms with E-state index in [0.717, 1.165) is 0 Å². The number of rotatable bonds is 7. The van der Waals surface area contributed by atoms with E-state index in [9.17, 15) is 5.11 Å². The van der Waals surface area contributed by atoms with Gasteiger partial charge in [-0.25, -0.2) is 5.43 Å². The number of nitrogens with one attached hydrogen (secondary N) is 1. The van der Waals surface area contributed by atoms with Crippen molar-refractivity contribution < 1.29 is 9.84 Å². The molecule has 0 aromatic carbocycles. The van der Waals surface area contributed by atoms with Crippen LogP contribution in [-0.4, -0.2) is 66.7 Å². The highest BCUT2D eigenvalue weighted by atomic mass is 16.5. The minimum Gasteiger partial charge on any atom is -0.389 e. The van der Waals surface area contributed by atoms with Crippen molar-refractivity contribution in [1.29, 1.82) is 0 Å². The van der Waals surface area contributed by atoms with Gasteiger partial charge in [-0.2, -0.15) is 0 Å². The van der Waals surface area contributed by atoms with Crippen LogP contribution in [0.4, 0.5) is 0 Å². The molecule has 1 aliphatic heterocycles. The third-order valence-corrected chi connectivity index (χ3v) is 2.58. The Morgan fingerprint density at radius 3 is 2.72 bits per heavy atom. The number of hydrogen-bond acceptors (Lipinski definition) is 6. The topological polar surface area (TPSA) is 74.0 Å². The Bertz CT molecular complexity index is 281. The van der Waals surface area contributed by atoms with Gasteiger partial charge in [-0.3, -0.25) is 0 Å². The van der Waals surface area contributed by atoms with Crippen LogP contribution in [0, 0.1) is 0 Å². The van der Waals surface area contributed by atoms with Gasteiger partial charge in [0.25, 0.3) is 0 Å². The molecule has 18 heavy (non-hydrogen) atoms. The summed E-state index contributed by atoms with van der Waals surface area (Å²) in [4.78, 5) is 1.94. The SMILES string of the molecule is CN(C)CC(O)COC(C)(C)CN1C=CC(N)N1. The van der Waals surface area contributed by atoms with Crippen molar-refractivity contribution in [1.82, 2.24) is 15.3 Å². The maximum absolute atomic E-state index is 9.76. The average Bonchev–Trinajstić information content (AvgIpc) is 2.59. The first-order valence-electron chi connectivity index (χ1n) is 6.22. The Balaban J connectivity index is 2.29. The Hall–Kier alpha value is -0.660. The van der Waals surface area contributed by atoms with Crippen LogP contribution in [0.3, 0.4) is 0 Å². The number of aliphatic hydroxyl groups excluding tert-OH is 1. The molecule has 0 saturated heterocycles. The zero-order valence-electron chi connectivity index (χ0n) is 11.8. The second kappa shape index (κ2) is 6.49. The zero-order chi connectivity index (χ0) is 13.8. The van der Waals surface area contributed by atoms with Crippen molar-refractivity contribution in [2.24, 2.45) is 5.73 Å². The molecule has 0 aliphatic carbocycles. The molecule has 0 aromatic rings. The summed E-state index contributed by atoms with van der Waals surface area (Å²) in [6, 6.07) is 0. The Morgan fingerprint density at radius 1 is 1.56 bits per heavy atom. The fourth-order valence-electron chi connectivity index (χ4n) is 1.82. The molecule has 0 amide bonds. The summed E-state index contributed by atoms with van der Waals surface area (Å²) in [5, 5.41) is 11.7. The van der Waals surface area contributed by atoms with Crippen LogP contribution in [0.15, 0.2) is 12.3 Å². The largest absolute Gasteiger partial charge is 0.389 e. The summed E-state index contributed by atoms with van der Waals surface area (Å²) >= 11 is 0. The normalized spacial score (nSPS) is 21.9. The number of ether oxygens (including phenoxy) is 1. The van der Waals surface area contributed by atoms with Crippen LogP contribution in [0.25, 0.3) is 0 Å². The minimum absolute atomic E-state index is 0.125. The van der Waals surface area contributed by atoms with E-state index in [1.54, 1.807) is 0 Å². The van der Waals surface area contributed by atoms with Crippen molar-refractivity contribution in [3.63, 3.8) is 0 Å². The summed E-state index contributed by atoms with van der Waals surface area (Å²) in [7, 11) is 3.85. The van der Waals surface area contributed by atoms with Gasteiger partial charge in [-0.15, -0.1) is 0 Å². The van der Waals surface area contributed by atoms with Crippen molar-refractivity contribution in [3.05, 3.63) is 12.3 Å². The van der Waals surface area contributed by atoms with Gasteiger partial charge in [0, 0.05) is 12.7 Å². The van der Waals surface area contributed by atoms with Crippen LogP contribution in [0.5, 0.6) is 0 Å². The Kier molecular flexibility index (Phi) is 5.55. The van der Waals surface area contributed by atoms with Crippen molar-refractivity contribution >= 4 is 0 Å². The van der Waals surface area contributed by atoms with Gasteiger partial charge in [0.1, 0.15) is 0 Å².